The highest BCUT2D eigenvalue weighted by Crippen LogP contribution is 2.33. The molecule has 5 nitrogen and oxygen atoms in total. The molecule has 0 radical (unpaired) electrons. The normalized spacial score (nSPS) is 14.2. The molecule has 1 unspecified atom stereocenters. The molecule has 0 aliphatic rings. The summed E-state index contributed by atoms with van der Waals surface area (Å²) in [4.78, 5) is 19.3. The summed E-state index contributed by atoms with van der Waals surface area (Å²) in [6.07, 6.45) is -0.232. The van der Waals surface area contributed by atoms with E-state index in [1.54, 1.807) is 0 Å². The van der Waals surface area contributed by atoms with E-state index < -0.39 is 0 Å². The van der Waals surface area contributed by atoms with Crippen LogP contribution in [-0.4, -0.2) is 22.1 Å². The molecule has 0 aromatic carbocycles. The molecule has 1 rings (SSSR count). The van der Waals surface area contributed by atoms with Gasteiger partial charge in [0.2, 0.25) is 0 Å². The lowest BCUT2D eigenvalue weighted by Gasteiger charge is -2.29. The van der Waals surface area contributed by atoms with Gasteiger partial charge in [0.1, 0.15) is 11.9 Å². The monoisotopic (exact) mass is 295 g/mol. The van der Waals surface area contributed by atoms with Crippen LogP contribution in [0.5, 0.6) is 0 Å². The van der Waals surface area contributed by atoms with Crippen molar-refractivity contribution in [2.24, 2.45) is 5.41 Å². The highest BCUT2D eigenvalue weighted by molar-refractivity contribution is 5.07. The van der Waals surface area contributed by atoms with E-state index in [0.29, 0.717) is 19.0 Å². The lowest BCUT2D eigenvalue weighted by atomic mass is 9.88. The van der Waals surface area contributed by atoms with Crippen LogP contribution in [0.25, 0.3) is 0 Å². The van der Waals surface area contributed by atoms with Crippen molar-refractivity contribution >= 4 is 0 Å². The number of nitrogens with one attached hydrogen (secondary N) is 2. The van der Waals surface area contributed by atoms with Gasteiger partial charge in [-0.3, -0.25) is 4.79 Å². The number of hydrogen-bond donors (Lipinski definition) is 2. The first-order valence-corrected chi connectivity index (χ1v) is 7.49. The fraction of sp³-hybridized carbons (Fsp3) is 0.750. The van der Waals surface area contributed by atoms with Crippen molar-refractivity contribution in [3.05, 3.63) is 27.9 Å². The summed E-state index contributed by atoms with van der Waals surface area (Å²) >= 11 is 0. The summed E-state index contributed by atoms with van der Waals surface area (Å²) in [5.74, 6) is 0.600. The molecule has 1 heterocycles. The van der Waals surface area contributed by atoms with Gasteiger partial charge in [0.25, 0.3) is 5.56 Å². The maximum Gasteiger partial charge on any atom is 0.251 e. The standard InChI is InChI=1S/C16H29N3O2/c1-8-21-13(15(2,3)4)14-18-11(9-12(20)19-14)10-17-16(5,6)7/h9,13,17H,8,10H2,1-7H3,(H,18,19,20). The van der Waals surface area contributed by atoms with E-state index >= 15 is 0 Å². The zero-order valence-corrected chi connectivity index (χ0v) is 14.3. The third kappa shape index (κ3) is 5.98. The van der Waals surface area contributed by atoms with Gasteiger partial charge in [-0.1, -0.05) is 20.8 Å². The Labute approximate surface area is 127 Å². The summed E-state index contributed by atoms with van der Waals surface area (Å²) in [6.45, 7) is 15.6. The van der Waals surface area contributed by atoms with Crippen molar-refractivity contribution in [2.75, 3.05) is 6.61 Å². The minimum Gasteiger partial charge on any atom is -0.370 e. The first-order chi connectivity index (χ1) is 9.53. The predicted molar refractivity (Wildman–Crippen MR) is 85.3 cm³/mol. The van der Waals surface area contributed by atoms with Gasteiger partial charge in [0.15, 0.2) is 0 Å². The number of ether oxygens (including phenoxy) is 1. The molecule has 1 aromatic rings. The average molecular weight is 295 g/mol. The van der Waals surface area contributed by atoms with Crippen LogP contribution in [0.15, 0.2) is 10.9 Å². The number of hydrogen-bond acceptors (Lipinski definition) is 4. The van der Waals surface area contributed by atoms with E-state index in [1.807, 2.05) is 6.92 Å². The van der Waals surface area contributed by atoms with Crippen LogP contribution < -0.4 is 10.9 Å². The minimum absolute atomic E-state index is 0.0200. The zero-order chi connectivity index (χ0) is 16.3. The molecule has 0 aliphatic carbocycles. The minimum atomic E-state index is -0.232. The molecule has 0 fully saturated rings. The third-order valence-electron chi connectivity index (χ3n) is 2.98. The van der Waals surface area contributed by atoms with E-state index in [1.165, 1.54) is 6.07 Å². The Balaban J connectivity index is 3.07. The first kappa shape index (κ1) is 17.9. The fourth-order valence-corrected chi connectivity index (χ4v) is 2.00. The Morgan fingerprint density at radius 3 is 2.38 bits per heavy atom. The highest BCUT2D eigenvalue weighted by atomic mass is 16.5. The lowest BCUT2D eigenvalue weighted by Crippen LogP contribution is -2.36. The van der Waals surface area contributed by atoms with Crippen LogP contribution in [-0.2, 0) is 11.3 Å². The largest absolute Gasteiger partial charge is 0.370 e. The molecular formula is C16H29N3O2. The van der Waals surface area contributed by atoms with Crippen LogP contribution in [0.3, 0.4) is 0 Å². The molecular weight excluding hydrogens is 266 g/mol. The fourth-order valence-electron chi connectivity index (χ4n) is 2.00. The van der Waals surface area contributed by atoms with Crippen LogP contribution in [0.4, 0.5) is 0 Å². The third-order valence-corrected chi connectivity index (χ3v) is 2.98. The summed E-state index contributed by atoms with van der Waals surface area (Å²) in [5, 5.41) is 3.35. The Kier molecular flexibility index (Phi) is 5.70. The molecule has 0 saturated heterocycles. The molecule has 0 bridgehead atoms. The molecule has 0 saturated carbocycles. The predicted octanol–water partition coefficient (Wildman–Crippen LogP) is 2.78. The van der Waals surface area contributed by atoms with Gasteiger partial charge in [-0.25, -0.2) is 4.98 Å². The van der Waals surface area contributed by atoms with E-state index in [0.717, 1.165) is 5.69 Å². The molecule has 1 atom stereocenters. The molecule has 0 amide bonds. The first-order valence-electron chi connectivity index (χ1n) is 7.49. The van der Waals surface area contributed by atoms with Crippen molar-refractivity contribution in [2.45, 2.75) is 66.7 Å². The highest BCUT2D eigenvalue weighted by Gasteiger charge is 2.29. The van der Waals surface area contributed by atoms with E-state index in [-0.39, 0.29) is 22.6 Å². The van der Waals surface area contributed by atoms with Crippen molar-refractivity contribution in [1.29, 1.82) is 0 Å². The Morgan fingerprint density at radius 1 is 1.29 bits per heavy atom. The van der Waals surface area contributed by atoms with E-state index in [2.05, 4.69) is 56.8 Å². The lowest BCUT2D eigenvalue weighted by molar-refractivity contribution is -0.0194. The molecule has 5 heteroatoms. The topological polar surface area (TPSA) is 67.0 Å². The van der Waals surface area contributed by atoms with Gasteiger partial charge in [0, 0.05) is 24.8 Å². The number of nitrogens with zero attached hydrogens (tertiary/aromatic N) is 1. The molecule has 0 aliphatic heterocycles. The van der Waals surface area contributed by atoms with Gasteiger partial charge >= 0.3 is 0 Å². The van der Waals surface area contributed by atoms with Crippen molar-refractivity contribution in [3.63, 3.8) is 0 Å². The molecule has 120 valence electrons. The summed E-state index contributed by atoms with van der Waals surface area (Å²) in [6, 6.07) is 1.54. The van der Waals surface area contributed by atoms with Gasteiger partial charge in [-0.15, -0.1) is 0 Å². The second kappa shape index (κ2) is 6.71. The van der Waals surface area contributed by atoms with Gasteiger partial charge in [-0.05, 0) is 33.1 Å². The maximum atomic E-state index is 11.9. The number of aromatic amines is 1. The maximum absolute atomic E-state index is 11.9. The Hall–Kier alpha value is -1.20. The van der Waals surface area contributed by atoms with E-state index in [4.69, 9.17) is 4.74 Å². The molecule has 2 N–H and O–H groups in total. The van der Waals surface area contributed by atoms with Gasteiger partial charge in [0.05, 0.1) is 5.69 Å². The second-order valence-electron chi connectivity index (χ2n) is 7.43. The summed E-state index contributed by atoms with van der Waals surface area (Å²) in [5.41, 5.74) is 0.438. The molecule has 21 heavy (non-hydrogen) atoms. The Bertz CT molecular complexity index is 509. The van der Waals surface area contributed by atoms with Gasteiger partial charge < -0.3 is 15.0 Å². The van der Waals surface area contributed by atoms with Gasteiger partial charge in [-0.2, -0.15) is 0 Å². The Morgan fingerprint density at radius 2 is 1.90 bits per heavy atom. The number of aromatic nitrogens is 2. The average Bonchev–Trinajstić information content (AvgIpc) is 2.30. The molecule has 1 aromatic heterocycles. The SMILES string of the molecule is CCOC(c1nc(CNC(C)(C)C)cc(=O)[nH]1)C(C)(C)C. The quantitative estimate of drug-likeness (QED) is 0.876. The van der Waals surface area contributed by atoms with Crippen LogP contribution in [0, 0.1) is 5.41 Å². The van der Waals surface area contributed by atoms with Crippen molar-refractivity contribution in [1.82, 2.24) is 15.3 Å². The second-order valence-corrected chi connectivity index (χ2v) is 7.43. The van der Waals surface area contributed by atoms with E-state index in [9.17, 15) is 4.79 Å². The molecule has 0 spiro atoms. The van der Waals surface area contributed by atoms with Crippen LogP contribution in [0.1, 0.15) is 66.1 Å². The summed E-state index contributed by atoms with van der Waals surface area (Å²) in [7, 11) is 0. The number of rotatable bonds is 5. The number of H-pyrrole nitrogens is 1. The zero-order valence-electron chi connectivity index (χ0n) is 14.3. The van der Waals surface area contributed by atoms with Crippen molar-refractivity contribution in [3.8, 4) is 0 Å². The van der Waals surface area contributed by atoms with Crippen LogP contribution >= 0.6 is 0 Å². The summed E-state index contributed by atoms with van der Waals surface area (Å²) < 4.78 is 5.79. The van der Waals surface area contributed by atoms with Crippen LogP contribution in [0.2, 0.25) is 0 Å². The van der Waals surface area contributed by atoms with Crippen molar-refractivity contribution < 1.29 is 4.74 Å². The smallest absolute Gasteiger partial charge is 0.251 e.